The zero-order chi connectivity index (χ0) is 17.8. The van der Waals surface area contributed by atoms with Crippen molar-refractivity contribution in [2.75, 3.05) is 19.0 Å². The molecule has 1 atom stereocenters. The Morgan fingerprint density at radius 2 is 1.50 bits per heavy atom. The number of nitrogens with one attached hydrogen (secondary N) is 1. The van der Waals surface area contributed by atoms with E-state index in [1.54, 1.807) is 0 Å². The number of hydrogen-bond acceptors (Lipinski definition) is 2. The van der Waals surface area contributed by atoms with Crippen LogP contribution in [0.25, 0.3) is 0 Å². The maximum Gasteiger partial charge on any atom is 0.120 e. The molecule has 1 rings (SSSR count). The molecule has 0 spiro atoms. The van der Waals surface area contributed by atoms with E-state index in [0.29, 0.717) is 0 Å². The smallest absolute Gasteiger partial charge is 0.120 e. The number of benzene rings is 1. The summed E-state index contributed by atoms with van der Waals surface area (Å²) in [7, 11) is 3.88. The molecule has 22 heavy (non-hydrogen) atoms. The van der Waals surface area contributed by atoms with Crippen molar-refractivity contribution in [2.24, 2.45) is 4.99 Å². The summed E-state index contributed by atoms with van der Waals surface area (Å²) in [6.07, 6.45) is 5.86. The molecule has 0 aliphatic heterocycles. The van der Waals surface area contributed by atoms with Gasteiger partial charge in [0.2, 0.25) is 0 Å². The number of rotatable bonds is 5. The van der Waals surface area contributed by atoms with Gasteiger partial charge in [-0.15, -0.1) is 0 Å². The molecule has 0 heterocycles. The molecular formula is C19H37N3. The standard InChI is InChI=1S/C13H19N3.3C2H6/c1-4-8-13(14-2)15-11-16(3)12-9-6-5-7-10-12;3*1-2/h4-11,13-14H,1-3H3;3*1-2H3/b8-4-,15-11-;;;. The van der Waals surface area contributed by atoms with E-state index >= 15 is 0 Å². The zero-order valence-corrected chi connectivity index (χ0v) is 16.1. The Bertz CT molecular complexity index is 345. The third kappa shape index (κ3) is 13.4. The van der Waals surface area contributed by atoms with Gasteiger partial charge in [-0.2, -0.15) is 0 Å². The number of anilines is 1. The summed E-state index contributed by atoms with van der Waals surface area (Å²) in [6, 6.07) is 10.1. The van der Waals surface area contributed by atoms with Crippen molar-refractivity contribution < 1.29 is 0 Å². The molecule has 1 unspecified atom stereocenters. The molecule has 0 aliphatic rings. The SMILES string of the molecule is C/C=C\C(/N=C\N(C)c1ccccc1)NC.CC.CC.CC. The molecule has 0 aliphatic carbocycles. The van der Waals surface area contributed by atoms with Gasteiger partial charge in [0.15, 0.2) is 0 Å². The number of aliphatic imine (C=N–C) groups is 1. The molecule has 1 N–H and O–H groups in total. The molecule has 0 fully saturated rings. The molecule has 0 bridgehead atoms. The summed E-state index contributed by atoms with van der Waals surface area (Å²) in [5.41, 5.74) is 1.13. The summed E-state index contributed by atoms with van der Waals surface area (Å²) in [6.45, 7) is 14.0. The van der Waals surface area contributed by atoms with E-state index in [1.165, 1.54) is 0 Å². The molecular weight excluding hydrogens is 270 g/mol. The van der Waals surface area contributed by atoms with Crippen LogP contribution in [0.3, 0.4) is 0 Å². The highest BCUT2D eigenvalue weighted by molar-refractivity contribution is 5.78. The highest BCUT2D eigenvalue weighted by Crippen LogP contribution is 2.08. The van der Waals surface area contributed by atoms with Crippen LogP contribution < -0.4 is 10.2 Å². The molecule has 0 saturated heterocycles. The van der Waals surface area contributed by atoms with Crippen LogP contribution in [0.2, 0.25) is 0 Å². The summed E-state index contributed by atoms with van der Waals surface area (Å²) in [5, 5.41) is 3.10. The fraction of sp³-hybridized carbons (Fsp3) is 0.526. The maximum atomic E-state index is 4.41. The summed E-state index contributed by atoms with van der Waals surface area (Å²) in [4.78, 5) is 6.41. The maximum absolute atomic E-state index is 4.41. The second kappa shape index (κ2) is 21.7. The minimum atomic E-state index is 0.0381. The molecule has 0 amide bonds. The van der Waals surface area contributed by atoms with E-state index in [4.69, 9.17) is 0 Å². The van der Waals surface area contributed by atoms with Gasteiger partial charge in [-0.3, -0.25) is 10.3 Å². The van der Waals surface area contributed by atoms with E-state index < -0.39 is 0 Å². The van der Waals surface area contributed by atoms with Gasteiger partial charge in [-0.1, -0.05) is 71.9 Å². The molecule has 128 valence electrons. The van der Waals surface area contributed by atoms with Crippen molar-refractivity contribution in [3.8, 4) is 0 Å². The van der Waals surface area contributed by atoms with E-state index in [1.807, 2.05) is 104 Å². The van der Waals surface area contributed by atoms with Crippen LogP contribution in [0, 0.1) is 0 Å². The first-order valence-electron chi connectivity index (χ1n) is 8.39. The second-order valence-corrected chi connectivity index (χ2v) is 3.47. The van der Waals surface area contributed by atoms with Gasteiger partial charge in [0, 0.05) is 12.7 Å². The van der Waals surface area contributed by atoms with Crippen molar-refractivity contribution in [2.45, 2.75) is 54.6 Å². The van der Waals surface area contributed by atoms with E-state index in [0.717, 1.165) is 5.69 Å². The molecule has 3 nitrogen and oxygen atoms in total. The normalized spacial score (nSPS) is 10.6. The molecule has 1 aromatic carbocycles. The largest absolute Gasteiger partial charge is 0.336 e. The Balaban J connectivity index is -0.000000535. The van der Waals surface area contributed by atoms with Crippen LogP contribution in [0.15, 0.2) is 47.5 Å². The monoisotopic (exact) mass is 307 g/mol. The Labute approximate surface area is 139 Å². The van der Waals surface area contributed by atoms with Crippen LogP contribution in [0.4, 0.5) is 5.69 Å². The van der Waals surface area contributed by atoms with Gasteiger partial charge >= 0.3 is 0 Å². The van der Waals surface area contributed by atoms with Gasteiger partial charge in [-0.05, 0) is 26.1 Å². The quantitative estimate of drug-likeness (QED) is 0.451. The number of allylic oxidation sites excluding steroid dienone is 1. The lowest BCUT2D eigenvalue weighted by Gasteiger charge is -2.14. The molecule has 0 aromatic heterocycles. The fourth-order valence-electron chi connectivity index (χ4n) is 1.30. The van der Waals surface area contributed by atoms with Crippen molar-refractivity contribution in [3.63, 3.8) is 0 Å². The summed E-state index contributed by atoms with van der Waals surface area (Å²) < 4.78 is 0. The molecule has 0 saturated carbocycles. The molecule has 1 aromatic rings. The molecule has 0 radical (unpaired) electrons. The van der Waals surface area contributed by atoms with Crippen molar-refractivity contribution >= 4 is 12.0 Å². The molecule has 3 heteroatoms. The van der Waals surface area contributed by atoms with Crippen molar-refractivity contribution in [3.05, 3.63) is 42.5 Å². The first-order chi connectivity index (χ1) is 10.8. The van der Waals surface area contributed by atoms with Crippen molar-refractivity contribution in [1.29, 1.82) is 0 Å². The Morgan fingerprint density at radius 3 is 1.91 bits per heavy atom. The predicted octanol–water partition coefficient (Wildman–Crippen LogP) is 5.35. The lowest BCUT2D eigenvalue weighted by molar-refractivity contribution is 0.701. The van der Waals surface area contributed by atoms with Crippen LogP contribution in [-0.4, -0.2) is 26.6 Å². The number of nitrogens with zero attached hydrogens (tertiary/aromatic N) is 2. The lowest BCUT2D eigenvalue weighted by atomic mass is 10.3. The highest BCUT2D eigenvalue weighted by atomic mass is 15.2. The lowest BCUT2D eigenvalue weighted by Crippen LogP contribution is -2.23. The van der Waals surface area contributed by atoms with E-state index in [-0.39, 0.29) is 6.17 Å². The van der Waals surface area contributed by atoms with Crippen molar-refractivity contribution in [1.82, 2.24) is 5.32 Å². The Hall–Kier alpha value is -1.61. The fourth-order valence-corrected chi connectivity index (χ4v) is 1.30. The number of para-hydroxylation sites is 1. The Kier molecular flexibility index (Phi) is 25.0. The first kappa shape index (κ1) is 25.3. The minimum absolute atomic E-state index is 0.0381. The van der Waals surface area contributed by atoms with Gasteiger partial charge in [0.1, 0.15) is 6.17 Å². The Morgan fingerprint density at radius 1 is 1.00 bits per heavy atom. The third-order valence-corrected chi connectivity index (χ3v) is 2.23. The van der Waals surface area contributed by atoms with Crippen LogP contribution in [0.1, 0.15) is 48.5 Å². The van der Waals surface area contributed by atoms with Gasteiger partial charge in [-0.25, -0.2) is 0 Å². The van der Waals surface area contributed by atoms with E-state index in [2.05, 4.69) is 22.4 Å². The second-order valence-electron chi connectivity index (χ2n) is 3.47. The van der Waals surface area contributed by atoms with Gasteiger partial charge in [0.25, 0.3) is 0 Å². The number of likely N-dealkylation sites (N-methyl/N-ethyl adjacent to an activating group) is 1. The average molecular weight is 308 g/mol. The highest BCUT2D eigenvalue weighted by Gasteiger charge is 1.97. The summed E-state index contributed by atoms with van der Waals surface area (Å²) in [5.74, 6) is 0. The zero-order valence-electron chi connectivity index (χ0n) is 16.1. The van der Waals surface area contributed by atoms with Crippen LogP contribution >= 0.6 is 0 Å². The minimum Gasteiger partial charge on any atom is -0.336 e. The third-order valence-electron chi connectivity index (χ3n) is 2.23. The van der Waals surface area contributed by atoms with Crippen LogP contribution in [-0.2, 0) is 0 Å². The number of hydrogen-bond donors (Lipinski definition) is 1. The first-order valence-corrected chi connectivity index (χ1v) is 8.39. The summed E-state index contributed by atoms with van der Waals surface area (Å²) >= 11 is 0. The van der Waals surface area contributed by atoms with Gasteiger partial charge < -0.3 is 4.90 Å². The van der Waals surface area contributed by atoms with E-state index in [9.17, 15) is 0 Å². The van der Waals surface area contributed by atoms with Crippen LogP contribution in [0.5, 0.6) is 0 Å². The average Bonchev–Trinajstić information content (AvgIpc) is 2.64. The van der Waals surface area contributed by atoms with Gasteiger partial charge in [0.05, 0.1) is 6.34 Å². The predicted molar refractivity (Wildman–Crippen MR) is 105 cm³/mol. The topological polar surface area (TPSA) is 27.6 Å².